The van der Waals surface area contributed by atoms with Gasteiger partial charge in [0.1, 0.15) is 24.9 Å². The van der Waals surface area contributed by atoms with Crippen LogP contribution in [0, 0.1) is 23.7 Å². The van der Waals surface area contributed by atoms with Gasteiger partial charge in [0.15, 0.2) is 11.5 Å². The summed E-state index contributed by atoms with van der Waals surface area (Å²) in [5.41, 5.74) is 6.77. The van der Waals surface area contributed by atoms with Crippen molar-refractivity contribution >= 4 is 28.8 Å². The number of imidazole rings is 1. The number of amides is 2. The second-order valence-electron chi connectivity index (χ2n) is 7.74. The predicted molar refractivity (Wildman–Crippen MR) is 137 cm³/mol. The molecule has 38 heavy (non-hydrogen) atoms. The fourth-order valence-electron chi connectivity index (χ4n) is 3.27. The maximum atomic E-state index is 12.3. The van der Waals surface area contributed by atoms with Gasteiger partial charge in [-0.2, -0.15) is 0 Å². The van der Waals surface area contributed by atoms with E-state index in [1.54, 1.807) is 16.7 Å². The summed E-state index contributed by atoms with van der Waals surface area (Å²) in [6, 6.07) is 8.36. The minimum Gasteiger partial charge on any atom is -0.382 e. The molecule has 0 atom stereocenters. The molecule has 0 spiro atoms. The topological polar surface area (TPSA) is 183 Å². The van der Waals surface area contributed by atoms with Gasteiger partial charge >= 0.3 is 5.69 Å². The van der Waals surface area contributed by atoms with Crippen LogP contribution >= 0.6 is 0 Å². The summed E-state index contributed by atoms with van der Waals surface area (Å²) in [6.45, 7) is -0.0814. The molecule has 0 saturated heterocycles. The molecule has 0 radical (unpaired) electrons. The minimum atomic E-state index is -0.669. The molecule has 13 heteroatoms. The largest absolute Gasteiger partial charge is 0.382 e. The van der Waals surface area contributed by atoms with Gasteiger partial charge in [0.25, 0.3) is 5.56 Å². The highest BCUT2D eigenvalue weighted by Crippen LogP contribution is 2.13. The van der Waals surface area contributed by atoms with E-state index in [2.05, 4.69) is 54.3 Å². The van der Waals surface area contributed by atoms with Crippen LogP contribution in [-0.4, -0.2) is 54.0 Å². The fraction of sp³-hybridized carbons (Fsp3) is 0.160. The maximum Gasteiger partial charge on any atom is 0.328 e. The number of H-pyrrole nitrogens is 1. The van der Waals surface area contributed by atoms with Gasteiger partial charge < -0.3 is 20.9 Å². The standard InChI is InChI=1S/C25H21N9O4/c26-23-22-24(30-15-29-23)34(16-31-22)14-21(37)28-11-4-8-18-6-2-1-5-17(18)7-3-10-27-20(36)13-33-12-9-19(35)32-25(33)38/h1-2,5-6,9,12,15-16H,10-11,13-14H2,(H,27,36)(H,28,37)(H2,26,29,30)(H,32,35,38). The van der Waals surface area contributed by atoms with Crippen molar-refractivity contribution in [3.63, 3.8) is 0 Å². The van der Waals surface area contributed by atoms with E-state index in [0.717, 1.165) is 10.6 Å². The highest BCUT2D eigenvalue weighted by atomic mass is 16.2. The SMILES string of the molecule is Nc1ncnc2c1ncn2CC(=O)NCC#Cc1ccccc1C#CCNC(=O)Cn1ccc(=O)[nH]c1=O. The van der Waals surface area contributed by atoms with Crippen molar-refractivity contribution in [2.24, 2.45) is 0 Å². The number of anilines is 1. The summed E-state index contributed by atoms with van der Waals surface area (Å²) in [5, 5.41) is 5.31. The first kappa shape index (κ1) is 25.4. The molecule has 13 nitrogen and oxygen atoms in total. The van der Waals surface area contributed by atoms with Crippen molar-refractivity contribution < 1.29 is 9.59 Å². The first-order chi connectivity index (χ1) is 18.4. The Balaban J connectivity index is 1.28. The van der Waals surface area contributed by atoms with Crippen molar-refractivity contribution in [1.29, 1.82) is 0 Å². The van der Waals surface area contributed by atoms with E-state index in [1.807, 2.05) is 12.1 Å². The molecule has 0 fully saturated rings. The molecule has 0 saturated carbocycles. The molecule has 2 amide bonds. The average molecular weight is 512 g/mol. The van der Waals surface area contributed by atoms with Crippen LogP contribution in [0.1, 0.15) is 11.1 Å². The summed E-state index contributed by atoms with van der Waals surface area (Å²) in [6.07, 6.45) is 4.03. The molecule has 4 rings (SSSR count). The summed E-state index contributed by atoms with van der Waals surface area (Å²) < 4.78 is 2.65. The Labute approximate surface area is 215 Å². The van der Waals surface area contributed by atoms with Crippen molar-refractivity contribution in [3.05, 3.63) is 81.1 Å². The summed E-state index contributed by atoms with van der Waals surface area (Å²) in [5.74, 6) is 11.2. The molecule has 0 bridgehead atoms. The second kappa shape index (κ2) is 11.8. The lowest BCUT2D eigenvalue weighted by atomic mass is 10.1. The molecule has 0 aliphatic carbocycles. The van der Waals surface area contributed by atoms with E-state index >= 15 is 0 Å². The number of aromatic nitrogens is 6. The van der Waals surface area contributed by atoms with Gasteiger partial charge in [-0.3, -0.25) is 23.9 Å². The number of carbonyl (C=O) groups excluding carboxylic acids is 2. The van der Waals surface area contributed by atoms with Gasteiger partial charge in [-0.1, -0.05) is 35.8 Å². The lowest BCUT2D eigenvalue weighted by Gasteiger charge is -2.04. The molecule has 5 N–H and O–H groups in total. The molecule has 0 aliphatic rings. The molecule has 190 valence electrons. The Morgan fingerprint density at radius 3 is 2.16 bits per heavy atom. The zero-order chi connectivity index (χ0) is 26.9. The van der Waals surface area contributed by atoms with Crippen molar-refractivity contribution in [1.82, 2.24) is 39.7 Å². The number of hydrogen-bond donors (Lipinski definition) is 4. The van der Waals surface area contributed by atoms with Gasteiger partial charge in [-0.25, -0.2) is 19.7 Å². The van der Waals surface area contributed by atoms with Gasteiger partial charge in [-0.15, -0.1) is 0 Å². The smallest absolute Gasteiger partial charge is 0.328 e. The van der Waals surface area contributed by atoms with E-state index in [4.69, 9.17) is 5.73 Å². The highest BCUT2D eigenvalue weighted by molar-refractivity contribution is 5.83. The molecule has 4 aromatic rings. The number of nitrogens with zero attached hydrogens (tertiary/aromatic N) is 5. The van der Waals surface area contributed by atoms with Crippen LogP contribution in [0.4, 0.5) is 5.82 Å². The number of benzene rings is 1. The zero-order valence-corrected chi connectivity index (χ0v) is 19.9. The van der Waals surface area contributed by atoms with Crippen molar-refractivity contribution in [2.45, 2.75) is 13.1 Å². The number of aromatic amines is 1. The summed E-state index contributed by atoms with van der Waals surface area (Å²) in [4.78, 5) is 61.3. The van der Waals surface area contributed by atoms with Gasteiger partial charge in [-0.05, 0) is 12.1 Å². The predicted octanol–water partition coefficient (Wildman–Crippen LogP) is -1.41. The third-order valence-corrected chi connectivity index (χ3v) is 5.08. The van der Waals surface area contributed by atoms with E-state index in [9.17, 15) is 19.2 Å². The van der Waals surface area contributed by atoms with Crippen LogP contribution in [-0.2, 0) is 22.7 Å². The molecule has 0 aliphatic heterocycles. The van der Waals surface area contributed by atoms with Crippen LogP contribution in [0.5, 0.6) is 0 Å². The first-order valence-corrected chi connectivity index (χ1v) is 11.2. The van der Waals surface area contributed by atoms with Crippen LogP contribution in [0.25, 0.3) is 11.2 Å². The number of fused-ring (bicyclic) bond motifs is 1. The van der Waals surface area contributed by atoms with Crippen LogP contribution < -0.4 is 27.6 Å². The molecular formula is C25H21N9O4. The van der Waals surface area contributed by atoms with Crippen LogP contribution in [0.15, 0.2) is 58.8 Å². The van der Waals surface area contributed by atoms with E-state index in [-0.39, 0.29) is 37.9 Å². The van der Waals surface area contributed by atoms with E-state index in [1.165, 1.54) is 18.9 Å². The Kier molecular flexibility index (Phi) is 7.91. The Hall–Kier alpha value is -5.69. The number of carbonyl (C=O) groups is 2. The lowest BCUT2D eigenvalue weighted by molar-refractivity contribution is -0.122. The first-order valence-electron chi connectivity index (χ1n) is 11.2. The second-order valence-corrected chi connectivity index (χ2v) is 7.74. The quantitative estimate of drug-likeness (QED) is 0.228. The number of hydrogen-bond acceptors (Lipinski definition) is 8. The number of rotatable bonds is 6. The zero-order valence-electron chi connectivity index (χ0n) is 19.9. The van der Waals surface area contributed by atoms with E-state index < -0.39 is 17.2 Å². The molecular weight excluding hydrogens is 490 g/mol. The molecule has 0 unspecified atom stereocenters. The maximum absolute atomic E-state index is 12.3. The molecule has 3 aromatic heterocycles. The number of nitrogens with two attached hydrogens (primary N) is 1. The van der Waals surface area contributed by atoms with Crippen LogP contribution in [0.2, 0.25) is 0 Å². The van der Waals surface area contributed by atoms with Crippen molar-refractivity contribution in [2.75, 3.05) is 18.8 Å². The van der Waals surface area contributed by atoms with E-state index in [0.29, 0.717) is 22.3 Å². The molecule has 1 aromatic carbocycles. The van der Waals surface area contributed by atoms with Crippen LogP contribution in [0.3, 0.4) is 0 Å². The van der Waals surface area contributed by atoms with Gasteiger partial charge in [0, 0.05) is 23.4 Å². The number of nitrogen functional groups attached to an aromatic ring is 1. The Morgan fingerprint density at radius 2 is 1.53 bits per heavy atom. The summed E-state index contributed by atoms with van der Waals surface area (Å²) >= 11 is 0. The lowest BCUT2D eigenvalue weighted by Crippen LogP contribution is -2.35. The number of nitrogens with one attached hydrogen (secondary N) is 3. The monoisotopic (exact) mass is 511 g/mol. The molecule has 3 heterocycles. The normalized spacial score (nSPS) is 10.1. The Bertz CT molecular complexity index is 1750. The van der Waals surface area contributed by atoms with Crippen molar-refractivity contribution in [3.8, 4) is 23.7 Å². The fourth-order valence-corrected chi connectivity index (χ4v) is 3.27. The minimum absolute atomic E-state index is 0.000734. The summed E-state index contributed by atoms with van der Waals surface area (Å²) in [7, 11) is 0. The van der Waals surface area contributed by atoms with Gasteiger partial charge in [0.2, 0.25) is 11.8 Å². The third kappa shape index (κ3) is 6.50. The highest BCUT2D eigenvalue weighted by Gasteiger charge is 2.10. The third-order valence-electron chi connectivity index (χ3n) is 5.08. The Morgan fingerprint density at radius 1 is 0.895 bits per heavy atom. The average Bonchev–Trinajstić information content (AvgIpc) is 3.31. The van der Waals surface area contributed by atoms with Gasteiger partial charge in [0.05, 0.1) is 19.4 Å².